The first-order chi connectivity index (χ1) is 13.3. The van der Waals surface area contributed by atoms with Crippen molar-refractivity contribution in [2.24, 2.45) is 0 Å². The lowest BCUT2D eigenvalue weighted by Gasteiger charge is -2.21. The molecule has 3 rings (SSSR count). The van der Waals surface area contributed by atoms with Gasteiger partial charge in [0.1, 0.15) is 12.1 Å². The second-order valence-corrected chi connectivity index (χ2v) is 7.57. The summed E-state index contributed by atoms with van der Waals surface area (Å²) in [6, 6.07) is 9.51. The molecule has 0 saturated heterocycles. The number of carbonyl (C=O) groups is 1. The summed E-state index contributed by atoms with van der Waals surface area (Å²) in [6.45, 7) is 7.78. The first-order valence-corrected chi connectivity index (χ1v) is 9.16. The van der Waals surface area contributed by atoms with E-state index in [0.717, 1.165) is 16.8 Å². The second kappa shape index (κ2) is 7.84. The molecular formula is C22H23FN4O. The van der Waals surface area contributed by atoms with Gasteiger partial charge < -0.3 is 5.32 Å². The third-order valence-corrected chi connectivity index (χ3v) is 4.12. The number of halogens is 1. The van der Waals surface area contributed by atoms with Crippen LogP contribution in [0, 0.1) is 5.82 Å². The predicted molar refractivity (Wildman–Crippen MR) is 107 cm³/mol. The van der Waals surface area contributed by atoms with Crippen molar-refractivity contribution in [1.29, 1.82) is 0 Å². The van der Waals surface area contributed by atoms with Crippen molar-refractivity contribution in [3.05, 3.63) is 66.0 Å². The molecular weight excluding hydrogens is 355 g/mol. The van der Waals surface area contributed by atoms with E-state index in [0.29, 0.717) is 23.4 Å². The highest BCUT2D eigenvalue weighted by molar-refractivity contribution is 5.96. The summed E-state index contributed by atoms with van der Waals surface area (Å²) in [6.07, 6.45) is 3.91. The van der Waals surface area contributed by atoms with Crippen LogP contribution in [0.4, 0.5) is 4.39 Å². The Balaban J connectivity index is 2.16. The van der Waals surface area contributed by atoms with Crippen LogP contribution >= 0.6 is 0 Å². The molecule has 1 aromatic carbocycles. The molecule has 144 valence electrons. The molecule has 2 aromatic heterocycles. The number of pyridine rings is 1. The van der Waals surface area contributed by atoms with Gasteiger partial charge in [-0.05, 0) is 63.6 Å². The minimum atomic E-state index is -0.374. The molecule has 0 bridgehead atoms. The summed E-state index contributed by atoms with van der Waals surface area (Å²) >= 11 is 0. The zero-order valence-electron chi connectivity index (χ0n) is 16.5. The summed E-state index contributed by atoms with van der Waals surface area (Å²) in [5, 5.41) is 2.97. The number of hydrogen-bond acceptors (Lipinski definition) is 4. The van der Waals surface area contributed by atoms with E-state index >= 15 is 0 Å². The third-order valence-electron chi connectivity index (χ3n) is 4.12. The quantitative estimate of drug-likeness (QED) is 0.729. The van der Waals surface area contributed by atoms with Crippen LogP contribution in [0.2, 0.25) is 0 Å². The van der Waals surface area contributed by atoms with Gasteiger partial charge in [-0.25, -0.2) is 19.3 Å². The van der Waals surface area contributed by atoms with Crippen LogP contribution in [-0.2, 0) is 6.42 Å². The molecule has 6 heteroatoms. The van der Waals surface area contributed by atoms with Gasteiger partial charge in [0, 0.05) is 28.4 Å². The number of hydrogen-bond donors (Lipinski definition) is 1. The maximum Gasteiger partial charge on any atom is 0.251 e. The standard InChI is InChI=1S/C22H23FN4O/c1-5-18-17(12-24-13-25-18)20-11-15(21(28)27-22(2,3)4)10-19(26-20)14-6-8-16(23)9-7-14/h6-13H,5H2,1-4H3,(H,27,28). The van der Waals surface area contributed by atoms with Crippen LogP contribution in [0.5, 0.6) is 0 Å². The van der Waals surface area contributed by atoms with Gasteiger partial charge in [-0.2, -0.15) is 0 Å². The molecule has 0 unspecified atom stereocenters. The number of aryl methyl sites for hydroxylation is 1. The molecule has 0 aliphatic rings. The number of amides is 1. The van der Waals surface area contributed by atoms with E-state index in [-0.39, 0.29) is 17.3 Å². The number of aromatic nitrogens is 3. The largest absolute Gasteiger partial charge is 0.347 e. The van der Waals surface area contributed by atoms with Crippen LogP contribution in [0.25, 0.3) is 22.5 Å². The summed E-state index contributed by atoms with van der Waals surface area (Å²) < 4.78 is 13.3. The van der Waals surface area contributed by atoms with Crippen LogP contribution in [0.15, 0.2) is 48.9 Å². The Hall–Kier alpha value is -3.15. The highest BCUT2D eigenvalue weighted by atomic mass is 19.1. The van der Waals surface area contributed by atoms with E-state index in [2.05, 4.69) is 15.3 Å². The highest BCUT2D eigenvalue weighted by Crippen LogP contribution is 2.26. The Kier molecular flexibility index (Phi) is 5.49. The fraction of sp³-hybridized carbons (Fsp3) is 0.273. The Labute approximate surface area is 164 Å². The molecule has 0 aliphatic heterocycles. The molecule has 3 aromatic rings. The van der Waals surface area contributed by atoms with Crippen molar-refractivity contribution < 1.29 is 9.18 Å². The van der Waals surface area contributed by atoms with Gasteiger partial charge in [0.15, 0.2) is 0 Å². The average molecular weight is 378 g/mol. The molecule has 2 heterocycles. The van der Waals surface area contributed by atoms with Gasteiger partial charge in [0.05, 0.1) is 17.1 Å². The molecule has 0 atom stereocenters. The summed E-state index contributed by atoms with van der Waals surface area (Å²) in [7, 11) is 0. The molecule has 0 aliphatic carbocycles. The summed E-state index contributed by atoms with van der Waals surface area (Å²) in [5.41, 5.74) is 3.65. The molecule has 5 nitrogen and oxygen atoms in total. The Morgan fingerprint density at radius 2 is 1.79 bits per heavy atom. The maximum absolute atomic E-state index is 13.3. The number of carbonyl (C=O) groups excluding carboxylic acids is 1. The number of rotatable bonds is 4. The van der Waals surface area contributed by atoms with Crippen molar-refractivity contribution in [2.45, 2.75) is 39.7 Å². The van der Waals surface area contributed by atoms with E-state index in [4.69, 9.17) is 4.98 Å². The van der Waals surface area contributed by atoms with Crippen LogP contribution < -0.4 is 5.32 Å². The van der Waals surface area contributed by atoms with Gasteiger partial charge in [-0.1, -0.05) is 6.92 Å². The minimum Gasteiger partial charge on any atom is -0.347 e. The fourth-order valence-electron chi connectivity index (χ4n) is 2.83. The normalized spacial score (nSPS) is 11.3. The van der Waals surface area contributed by atoms with Crippen LogP contribution in [0.1, 0.15) is 43.7 Å². The lowest BCUT2D eigenvalue weighted by atomic mass is 10.0. The molecule has 28 heavy (non-hydrogen) atoms. The van der Waals surface area contributed by atoms with Crippen molar-refractivity contribution in [1.82, 2.24) is 20.3 Å². The first-order valence-electron chi connectivity index (χ1n) is 9.16. The van der Waals surface area contributed by atoms with Crippen molar-refractivity contribution in [3.8, 4) is 22.5 Å². The van der Waals surface area contributed by atoms with E-state index < -0.39 is 0 Å². The topological polar surface area (TPSA) is 67.8 Å². The second-order valence-electron chi connectivity index (χ2n) is 7.57. The number of nitrogens with zero attached hydrogens (tertiary/aromatic N) is 3. The lowest BCUT2D eigenvalue weighted by molar-refractivity contribution is 0.0919. The Morgan fingerprint density at radius 3 is 2.43 bits per heavy atom. The molecule has 0 saturated carbocycles. The van der Waals surface area contributed by atoms with Gasteiger partial charge in [0.2, 0.25) is 0 Å². The van der Waals surface area contributed by atoms with Gasteiger partial charge >= 0.3 is 0 Å². The molecule has 0 spiro atoms. The zero-order chi connectivity index (χ0) is 20.3. The molecule has 1 amide bonds. The number of benzene rings is 1. The van der Waals surface area contributed by atoms with Crippen molar-refractivity contribution in [2.75, 3.05) is 0 Å². The highest BCUT2D eigenvalue weighted by Gasteiger charge is 2.18. The van der Waals surface area contributed by atoms with Crippen molar-refractivity contribution >= 4 is 5.91 Å². The van der Waals surface area contributed by atoms with E-state index in [9.17, 15) is 9.18 Å². The Morgan fingerprint density at radius 1 is 1.11 bits per heavy atom. The van der Waals surface area contributed by atoms with Crippen LogP contribution in [0.3, 0.4) is 0 Å². The maximum atomic E-state index is 13.3. The molecule has 0 fully saturated rings. The summed E-state index contributed by atoms with van der Waals surface area (Å²) in [5.74, 6) is -0.523. The SMILES string of the molecule is CCc1ncncc1-c1cc(C(=O)NC(C)(C)C)cc(-c2ccc(F)cc2)n1. The Bertz CT molecular complexity index is 994. The van der Waals surface area contributed by atoms with E-state index in [1.807, 2.05) is 27.7 Å². The van der Waals surface area contributed by atoms with E-state index in [1.165, 1.54) is 18.5 Å². The van der Waals surface area contributed by atoms with Crippen LogP contribution in [-0.4, -0.2) is 26.4 Å². The molecule has 1 N–H and O–H groups in total. The van der Waals surface area contributed by atoms with E-state index in [1.54, 1.807) is 30.5 Å². The monoisotopic (exact) mass is 378 g/mol. The van der Waals surface area contributed by atoms with Gasteiger partial charge in [-0.15, -0.1) is 0 Å². The average Bonchev–Trinajstić information content (AvgIpc) is 2.67. The van der Waals surface area contributed by atoms with Gasteiger partial charge in [-0.3, -0.25) is 4.79 Å². The zero-order valence-corrected chi connectivity index (χ0v) is 16.5. The minimum absolute atomic E-state index is 0.200. The molecule has 0 radical (unpaired) electrons. The smallest absolute Gasteiger partial charge is 0.251 e. The van der Waals surface area contributed by atoms with Crippen molar-refractivity contribution in [3.63, 3.8) is 0 Å². The fourth-order valence-corrected chi connectivity index (χ4v) is 2.83. The van der Waals surface area contributed by atoms with Gasteiger partial charge in [0.25, 0.3) is 5.91 Å². The third kappa shape index (κ3) is 4.57. The first kappa shape index (κ1) is 19.6. The number of nitrogens with one attached hydrogen (secondary N) is 1. The lowest BCUT2D eigenvalue weighted by Crippen LogP contribution is -2.40. The predicted octanol–water partition coefficient (Wildman–Crippen LogP) is 4.44. The summed E-state index contributed by atoms with van der Waals surface area (Å²) in [4.78, 5) is 26.0.